The van der Waals surface area contributed by atoms with Gasteiger partial charge in [-0.15, -0.1) is 0 Å². The van der Waals surface area contributed by atoms with Crippen LogP contribution in [0.5, 0.6) is 5.88 Å². The Kier molecular flexibility index (Phi) is 5.43. The van der Waals surface area contributed by atoms with Crippen molar-refractivity contribution in [3.63, 3.8) is 0 Å². The summed E-state index contributed by atoms with van der Waals surface area (Å²) in [5, 5.41) is 9.32. The maximum absolute atomic E-state index is 12.6. The summed E-state index contributed by atoms with van der Waals surface area (Å²) in [6.45, 7) is 1.89. The van der Waals surface area contributed by atoms with Crippen molar-refractivity contribution in [2.24, 2.45) is 5.92 Å². The lowest BCUT2D eigenvalue weighted by atomic mass is 9.98. The van der Waals surface area contributed by atoms with E-state index in [2.05, 4.69) is 4.98 Å². The number of nitrogens with zero attached hydrogens (tertiary/aromatic N) is 2. The molecule has 2 aromatic rings. The lowest BCUT2D eigenvalue weighted by molar-refractivity contribution is 0.0620. The smallest absolute Gasteiger partial charge is 0.254 e. The van der Waals surface area contributed by atoms with E-state index in [4.69, 9.17) is 4.74 Å². The highest BCUT2D eigenvalue weighted by atomic mass is 16.5. The van der Waals surface area contributed by atoms with Crippen molar-refractivity contribution in [1.82, 2.24) is 9.88 Å². The molecule has 1 N–H and O–H groups in total. The number of amides is 1. The molecule has 1 aliphatic heterocycles. The Morgan fingerprint density at radius 3 is 2.92 bits per heavy atom. The molecule has 3 rings (SSSR count). The Morgan fingerprint density at radius 1 is 1.29 bits per heavy atom. The van der Waals surface area contributed by atoms with Crippen LogP contribution in [0.15, 0.2) is 48.7 Å². The lowest BCUT2D eigenvalue weighted by Gasteiger charge is -2.31. The van der Waals surface area contributed by atoms with Crippen LogP contribution >= 0.6 is 0 Å². The topological polar surface area (TPSA) is 62.7 Å². The van der Waals surface area contributed by atoms with Crippen LogP contribution < -0.4 is 4.74 Å². The number of likely N-dealkylation sites (tertiary alicyclic amines) is 1. The molecule has 2 heterocycles. The molecule has 0 aliphatic carbocycles. The number of carbonyl (C=O) groups excluding carboxylic acids is 1. The molecule has 5 nitrogen and oxygen atoms in total. The van der Waals surface area contributed by atoms with Crippen LogP contribution in [0.4, 0.5) is 0 Å². The lowest BCUT2D eigenvalue weighted by Crippen LogP contribution is -2.40. The molecular weight excluding hydrogens is 304 g/mol. The van der Waals surface area contributed by atoms with Gasteiger partial charge in [0.25, 0.3) is 5.91 Å². The Bertz CT molecular complexity index is 675. The minimum absolute atomic E-state index is 0.0277. The standard InChI is InChI=1S/C19H22N2O3/c22-13-16-7-4-10-21(12-16)19(23)17-8-9-20-18(11-17)24-14-15-5-2-1-3-6-15/h1-3,5-6,8-9,11,16,22H,4,7,10,12-14H2. The number of hydrogen-bond donors (Lipinski definition) is 1. The number of piperidine rings is 1. The van der Waals surface area contributed by atoms with Crippen molar-refractivity contribution in [2.45, 2.75) is 19.4 Å². The fourth-order valence-electron chi connectivity index (χ4n) is 2.93. The zero-order valence-electron chi connectivity index (χ0n) is 13.6. The van der Waals surface area contributed by atoms with Gasteiger partial charge in [0.1, 0.15) is 6.61 Å². The van der Waals surface area contributed by atoms with Crippen LogP contribution in [-0.2, 0) is 6.61 Å². The van der Waals surface area contributed by atoms with Crippen molar-refractivity contribution in [1.29, 1.82) is 0 Å². The van der Waals surface area contributed by atoms with Crippen LogP contribution in [-0.4, -0.2) is 40.6 Å². The maximum atomic E-state index is 12.6. The summed E-state index contributed by atoms with van der Waals surface area (Å²) >= 11 is 0. The van der Waals surface area contributed by atoms with Gasteiger partial charge >= 0.3 is 0 Å². The summed E-state index contributed by atoms with van der Waals surface area (Å²) in [5.74, 6) is 0.596. The molecular formula is C19H22N2O3. The monoisotopic (exact) mass is 326 g/mol. The molecule has 1 fully saturated rings. The predicted molar refractivity (Wildman–Crippen MR) is 90.7 cm³/mol. The maximum Gasteiger partial charge on any atom is 0.254 e. The van der Waals surface area contributed by atoms with Gasteiger partial charge in [0.05, 0.1) is 0 Å². The van der Waals surface area contributed by atoms with Crippen molar-refractivity contribution in [2.75, 3.05) is 19.7 Å². The third kappa shape index (κ3) is 4.11. The van der Waals surface area contributed by atoms with Gasteiger partial charge in [-0.05, 0) is 30.4 Å². The summed E-state index contributed by atoms with van der Waals surface area (Å²) in [6.07, 6.45) is 3.50. The number of hydrogen-bond acceptors (Lipinski definition) is 4. The van der Waals surface area contributed by atoms with Crippen LogP contribution in [0, 0.1) is 5.92 Å². The van der Waals surface area contributed by atoms with Crippen LogP contribution in [0.2, 0.25) is 0 Å². The van der Waals surface area contributed by atoms with E-state index < -0.39 is 0 Å². The number of aliphatic hydroxyl groups is 1. The molecule has 24 heavy (non-hydrogen) atoms. The summed E-state index contributed by atoms with van der Waals surface area (Å²) < 4.78 is 5.69. The van der Waals surface area contributed by atoms with Gasteiger partial charge in [0.15, 0.2) is 0 Å². The quantitative estimate of drug-likeness (QED) is 0.917. The minimum Gasteiger partial charge on any atom is -0.473 e. The van der Waals surface area contributed by atoms with Crippen molar-refractivity contribution in [3.05, 3.63) is 59.8 Å². The Labute approximate surface area is 141 Å². The number of pyridine rings is 1. The fraction of sp³-hybridized carbons (Fsp3) is 0.368. The van der Waals surface area contributed by atoms with Gasteiger partial charge < -0.3 is 14.7 Å². The average Bonchev–Trinajstić information content (AvgIpc) is 2.67. The fourth-order valence-corrected chi connectivity index (χ4v) is 2.93. The van der Waals surface area contributed by atoms with Crippen molar-refractivity contribution >= 4 is 5.91 Å². The number of carbonyl (C=O) groups is 1. The first-order valence-electron chi connectivity index (χ1n) is 8.29. The molecule has 1 aliphatic rings. The zero-order chi connectivity index (χ0) is 16.8. The zero-order valence-corrected chi connectivity index (χ0v) is 13.6. The number of aliphatic hydroxyl groups excluding tert-OH is 1. The number of aromatic nitrogens is 1. The second kappa shape index (κ2) is 7.93. The van der Waals surface area contributed by atoms with E-state index in [1.54, 1.807) is 23.2 Å². The van der Waals surface area contributed by atoms with Crippen LogP contribution in [0.3, 0.4) is 0 Å². The largest absolute Gasteiger partial charge is 0.473 e. The van der Waals surface area contributed by atoms with E-state index in [1.165, 1.54) is 0 Å². The number of rotatable bonds is 5. The van der Waals surface area contributed by atoms with Crippen molar-refractivity contribution in [3.8, 4) is 5.88 Å². The highest BCUT2D eigenvalue weighted by Crippen LogP contribution is 2.19. The summed E-state index contributed by atoms with van der Waals surface area (Å²) in [5.41, 5.74) is 1.63. The first-order valence-corrected chi connectivity index (χ1v) is 8.29. The van der Waals surface area contributed by atoms with Gasteiger partial charge in [0.2, 0.25) is 5.88 Å². The highest BCUT2D eigenvalue weighted by molar-refractivity contribution is 5.94. The second-order valence-corrected chi connectivity index (χ2v) is 6.10. The molecule has 1 aromatic carbocycles. The molecule has 1 amide bonds. The summed E-state index contributed by atoms with van der Waals surface area (Å²) in [6, 6.07) is 13.2. The third-order valence-corrected chi connectivity index (χ3v) is 4.28. The van der Waals surface area contributed by atoms with Gasteiger partial charge in [-0.25, -0.2) is 4.98 Å². The molecule has 1 atom stereocenters. The third-order valence-electron chi connectivity index (χ3n) is 4.28. The molecule has 0 spiro atoms. The van der Waals surface area contributed by atoms with Crippen LogP contribution in [0.1, 0.15) is 28.8 Å². The van der Waals surface area contributed by atoms with Gasteiger partial charge in [-0.3, -0.25) is 4.79 Å². The predicted octanol–water partition coefficient (Wildman–Crippen LogP) is 2.51. The van der Waals surface area contributed by atoms with E-state index in [-0.39, 0.29) is 18.4 Å². The number of ether oxygens (including phenoxy) is 1. The molecule has 5 heteroatoms. The second-order valence-electron chi connectivity index (χ2n) is 6.10. The van der Waals surface area contributed by atoms with E-state index in [9.17, 15) is 9.90 Å². The summed E-state index contributed by atoms with van der Waals surface area (Å²) in [7, 11) is 0. The minimum atomic E-state index is -0.0277. The van der Waals surface area contributed by atoms with Crippen molar-refractivity contribution < 1.29 is 14.6 Å². The van der Waals surface area contributed by atoms with Crippen LogP contribution in [0.25, 0.3) is 0 Å². The molecule has 0 saturated carbocycles. The average molecular weight is 326 g/mol. The number of benzene rings is 1. The van der Waals surface area contributed by atoms with E-state index in [0.29, 0.717) is 24.6 Å². The molecule has 1 unspecified atom stereocenters. The van der Waals surface area contributed by atoms with Gasteiger partial charge in [-0.1, -0.05) is 30.3 Å². The molecule has 0 radical (unpaired) electrons. The normalized spacial score (nSPS) is 17.5. The Hall–Kier alpha value is -2.40. The molecule has 1 saturated heterocycles. The van der Waals surface area contributed by atoms with Gasteiger partial charge in [0, 0.05) is 37.5 Å². The first kappa shape index (κ1) is 16.5. The Balaban J connectivity index is 1.65. The Morgan fingerprint density at radius 2 is 2.12 bits per heavy atom. The molecule has 0 bridgehead atoms. The van der Waals surface area contributed by atoms with E-state index >= 15 is 0 Å². The first-order chi connectivity index (χ1) is 11.8. The van der Waals surface area contributed by atoms with Gasteiger partial charge in [-0.2, -0.15) is 0 Å². The van der Waals surface area contributed by atoms with E-state index in [1.807, 2.05) is 30.3 Å². The molecule has 1 aromatic heterocycles. The molecule has 126 valence electrons. The summed E-state index contributed by atoms with van der Waals surface area (Å²) in [4.78, 5) is 18.6. The highest BCUT2D eigenvalue weighted by Gasteiger charge is 2.24. The van der Waals surface area contributed by atoms with E-state index in [0.717, 1.165) is 24.9 Å². The SMILES string of the molecule is O=C(c1ccnc(OCc2ccccc2)c1)N1CCCC(CO)C1.